The largest absolute Gasteiger partial charge is 0.507 e. The van der Waals surface area contributed by atoms with E-state index in [1.54, 1.807) is 16.2 Å². The van der Waals surface area contributed by atoms with Crippen molar-refractivity contribution in [2.45, 2.75) is 6.42 Å². The Morgan fingerprint density at radius 1 is 1.00 bits per heavy atom. The molecule has 0 atom stereocenters. The van der Waals surface area contributed by atoms with E-state index in [1.165, 1.54) is 23.1 Å². The van der Waals surface area contributed by atoms with Gasteiger partial charge in [0.15, 0.2) is 0 Å². The third-order valence-electron chi connectivity index (χ3n) is 5.52. The first kappa shape index (κ1) is 22.9. The second-order valence-corrected chi connectivity index (χ2v) is 8.84. The molecule has 1 aromatic heterocycles. The zero-order chi connectivity index (χ0) is 23.4. The normalized spacial score (nSPS) is 14.3. The van der Waals surface area contributed by atoms with E-state index in [9.17, 15) is 23.5 Å². The molecule has 1 fully saturated rings. The quantitative estimate of drug-likeness (QED) is 0.570. The first-order chi connectivity index (χ1) is 15.9. The predicted molar refractivity (Wildman–Crippen MR) is 123 cm³/mol. The fourth-order valence-electron chi connectivity index (χ4n) is 3.75. The van der Waals surface area contributed by atoms with Gasteiger partial charge in [0, 0.05) is 61.0 Å². The number of amides is 2. The molecule has 33 heavy (non-hydrogen) atoms. The highest BCUT2D eigenvalue weighted by molar-refractivity contribution is 7.09. The molecule has 0 radical (unpaired) electrons. The van der Waals surface area contributed by atoms with Crippen molar-refractivity contribution in [3.05, 3.63) is 81.5 Å². The lowest BCUT2D eigenvalue weighted by molar-refractivity contribution is 0.0636. The summed E-state index contributed by atoms with van der Waals surface area (Å²) in [6.45, 7) is 3.59. The van der Waals surface area contributed by atoms with Gasteiger partial charge in [-0.3, -0.25) is 14.5 Å². The van der Waals surface area contributed by atoms with Crippen LogP contribution in [0.2, 0.25) is 0 Å². The number of nitrogens with one attached hydrogen (secondary N) is 1. The number of thiophene rings is 1. The number of benzene rings is 2. The van der Waals surface area contributed by atoms with Crippen LogP contribution in [0.1, 0.15) is 25.6 Å². The Balaban J connectivity index is 1.33. The van der Waals surface area contributed by atoms with E-state index in [2.05, 4.69) is 21.7 Å². The Morgan fingerprint density at radius 2 is 1.73 bits per heavy atom. The maximum absolute atomic E-state index is 13.3. The average Bonchev–Trinajstić information content (AvgIpc) is 3.31. The second-order valence-electron chi connectivity index (χ2n) is 7.81. The van der Waals surface area contributed by atoms with E-state index < -0.39 is 17.5 Å². The topological polar surface area (TPSA) is 72.9 Å². The number of aromatic hydroxyl groups is 1. The van der Waals surface area contributed by atoms with Crippen LogP contribution < -0.4 is 5.32 Å². The summed E-state index contributed by atoms with van der Waals surface area (Å²) in [5, 5.41) is 14.9. The highest BCUT2D eigenvalue weighted by Crippen LogP contribution is 2.25. The highest BCUT2D eigenvalue weighted by atomic mass is 32.1. The van der Waals surface area contributed by atoms with E-state index >= 15 is 0 Å². The molecular formula is C24H23F2N3O3S. The van der Waals surface area contributed by atoms with Crippen molar-refractivity contribution in [2.24, 2.45) is 0 Å². The van der Waals surface area contributed by atoms with Crippen molar-refractivity contribution < 1.29 is 23.5 Å². The summed E-state index contributed by atoms with van der Waals surface area (Å²) in [6.07, 6.45) is 0.988. The van der Waals surface area contributed by atoms with Crippen LogP contribution >= 0.6 is 11.3 Å². The molecule has 0 bridgehead atoms. The molecule has 2 N–H and O–H groups in total. The number of anilines is 1. The number of rotatable bonds is 6. The van der Waals surface area contributed by atoms with Gasteiger partial charge in [-0.15, -0.1) is 11.3 Å². The first-order valence-corrected chi connectivity index (χ1v) is 11.4. The van der Waals surface area contributed by atoms with Crippen LogP contribution in [0, 0.1) is 11.6 Å². The van der Waals surface area contributed by atoms with E-state index in [0.717, 1.165) is 38.2 Å². The number of phenols is 1. The molecule has 1 aliphatic rings. The standard InChI is InChI=1S/C24H23F2N3O3S/c25-17-12-16(13-18(26)14-17)23(31)27-19-3-4-21(22(30)15-19)24(32)29-9-7-28(8-10-29)6-5-20-2-1-11-33-20/h1-4,11-15,30H,5-10H2,(H,27,31). The van der Waals surface area contributed by atoms with Gasteiger partial charge in [-0.2, -0.15) is 0 Å². The summed E-state index contributed by atoms with van der Waals surface area (Å²) in [5.74, 6) is -3.02. The SMILES string of the molecule is O=C(Nc1ccc(C(=O)N2CCN(CCc3cccs3)CC2)c(O)c1)c1cc(F)cc(F)c1. The number of halogens is 2. The Labute approximate surface area is 194 Å². The van der Waals surface area contributed by atoms with Gasteiger partial charge in [-0.25, -0.2) is 8.78 Å². The molecule has 1 aliphatic heterocycles. The molecule has 0 unspecified atom stereocenters. The predicted octanol–water partition coefficient (Wildman–Crippen LogP) is 3.98. The molecule has 4 rings (SSSR count). The molecule has 1 saturated heterocycles. The minimum absolute atomic E-state index is 0.136. The Kier molecular flexibility index (Phi) is 7.00. The number of piperazine rings is 1. The van der Waals surface area contributed by atoms with Crippen molar-refractivity contribution >= 4 is 28.8 Å². The highest BCUT2D eigenvalue weighted by Gasteiger charge is 2.24. The molecule has 3 aromatic rings. The zero-order valence-electron chi connectivity index (χ0n) is 17.8. The van der Waals surface area contributed by atoms with Crippen molar-refractivity contribution in [2.75, 3.05) is 38.0 Å². The molecule has 2 amide bonds. The van der Waals surface area contributed by atoms with Gasteiger partial charge in [-0.05, 0) is 42.1 Å². The fraction of sp³-hybridized carbons (Fsp3) is 0.250. The van der Waals surface area contributed by atoms with Gasteiger partial charge in [0.2, 0.25) is 0 Å². The molecule has 2 aromatic carbocycles. The number of carbonyl (C=O) groups is 2. The van der Waals surface area contributed by atoms with Crippen molar-refractivity contribution in [3.63, 3.8) is 0 Å². The van der Waals surface area contributed by atoms with E-state index in [1.807, 2.05) is 6.07 Å². The summed E-state index contributed by atoms with van der Waals surface area (Å²) in [6, 6.07) is 10.8. The maximum Gasteiger partial charge on any atom is 0.257 e. The molecule has 0 saturated carbocycles. The number of hydrogen-bond donors (Lipinski definition) is 2. The molecule has 0 aliphatic carbocycles. The van der Waals surface area contributed by atoms with E-state index in [0.29, 0.717) is 19.2 Å². The van der Waals surface area contributed by atoms with Crippen molar-refractivity contribution in [3.8, 4) is 5.75 Å². The van der Waals surface area contributed by atoms with Crippen LogP contribution in [0.3, 0.4) is 0 Å². The molecule has 2 heterocycles. The second kappa shape index (κ2) is 10.1. The average molecular weight is 472 g/mol. The van der Waals surface area contributed by atoms with Crippen LogP contribution in [0.15, 0.2) is 53.9 Å². The lowest BCUT2D eigenvalue weighted by atomic mass is 10.1. The van der Waals surface area contributed by atoms with E-state index in [4.69, 9.17) is 0 Å². The third-order valence-corrected chi connectivity index (χ3v) is 6.46. The van der Waals surface area contributed by atoms with Crippen molar-refractivity contribution in [1.29, 1.82) is 0 Å². The van der Waals surface area contributed by atoms with Gasteiger partial charge in [-0.1, -0.05) is 6.07 Å². The number of nitrogens with zero attached hydrogens (tertiary/aromatic N) is 2. The van der Waals surface area contributed by atoms with Crippen LogP contribution in [-0.4, -0.2) is 59.4 Å². The number of phenolic OH excluding ortho intramolecular Hbond substituents is 1. The van der Waals surface area contributed by atoms with E-state index in [-0.39, 0.29) is 28.5 Å². The van der Waals surface area contributed by atoms with Gasteiger partial charge in [0.05, 0.1) is 5.56 Å². The molecule has 9 heteroatoms. The minimum Gasteiger partial charge on any atom is -0.507 e. The fourth-order valence-corrected chi connectivity index (χ4v) is 4.44. The smallest absolute Gasteiger partial charge is 0.257 e. The monoisotopic (exact) mass is 471 g/mol. The third kappa shape index (κ3) is 5.74. The zero-order valence-corrected chi connectivity index (χ0v) is 18.6. The van der Waals surface area contributed by atoms with Crippen LogP contribution in [-0.2, 0) is 6.42 Å². The summed E-state index contributed by atoms with van der Waals surface area (Å²) >= 11 is 1.74. The molecule has 172 valence electrons. The summed E-state index contributed by atoms with van der Waals surface area (Å²) in [5.41, 5.74) is 0.151. The molecule has 6 nitrogen and oxygen atoms in total. The lowest BCUT2D eigenvalue weighted by Gasteiger charge is -2.34. The minimum atomic E-state index is -0.865. The Bertz CT molecular complexity index is 1130. The molecular weight excluding hydrogens is 448 g/mol. The van der Waals surface area contributed by atoms with Crippen LogP contribution in [0.4, 0.5) is 14.5 Å². The molecule has 0 spiro atoms. The van der Waals surface area contributed by atoms with Gasteiger partial charge < -0.3 is 15.3 Å². The Morgan fingerprint density at radius 3 is 2.36 bits per heavy atom. The number of carbonyl (C=O) groups excluding carboxylic acids is 2. The van der Waals surface area contributed by atoms with Crippen molar-refractivity contribution in [1.82, 2.24) is 9.80 Å². The first-order valence-electron chi connectivity index (χ1n) is 10.5. The lowest BCUT2D eigenvalue weighted by Crippen LogP contribution is -2.49. The summed E-state index contributed by atoms with van der Waals surface area (Å²) < 4.78 is 26.7. The van der Waals surface area contributed by atoms with Crippen LogP contribution in [0.5, 0.6) is 5.75 Å². The van der Waals surface area contributed by atoms with Gasteiger partial charge in [0.1, 0.15) is 17.4 Å². The Hall–Kier alpha value is -3.30. The number of hydrogen-bond acceptors (Lipinski definition) is 5. The summed E-state index contributed by atoms with van der Waals surface area (Å²) in [4.78, 5) is 30.5. The van der Waals surface area contributed by atoms with Crippen LogP contribution in [0.25, 0.3) is 0 Å². The maximum atomic E-state index is 13.3. The summed E-state index contributed by atoms with van der Waals surface area (Å²) in [7, 11) is 0. The van der Waals surface area contributed by atoms with Gasteiger partial charge >= 0.3 is 0 Å². The van der Waals surface area contributed by atoms with Gasteiger partial charge in [0.25, 0.3) is 11.8 Å².